The SMILES string of the molecule is CCNc1nc(-c2cc(C)n(CCCCCC(=O)OC)c2C)cs1. The molecule has 0 aromatic carbocycles. The molecule has 1 N–H and O–H groups in total. The van der Waals surface area contributed by atoms with Crippen molar-refractivity contribution < 1.29 is 9.53 Å². The number of aryl methyl sites for hydroxylation is 1. The van der Waals surface area contributed by atoms with Gasteiger partial charge in [0.15, 0.2) is 5.13 Å². The van der Waals surface area contributed by atoms with Gasteiger partial charge in [-0.3, -0.25) is 4.79 Å². The third kappa shape index (κ3) is 4.60. The van der Waals surface area contributed by atoms with Gasteiger partial charge in [0.25, 0.3) is 0 Å². The molecule has 0 bridgehead atoms. The van der Waals surface area contributed by atoms with Gasteiger partial charge in [0.1, 0.15) is 0 Å². The van der Waals surface area contributed by atoms with E-state index in [1.807, 2.05) is 0 Å². The number of ether oxygens (including phenoxy) is 1. The molecule has 2 heterocycles. The Bertz CT molecular complexity index is 676. The molecule has 0 amide bonds. The van der Waals surface area contributed by atoms with Crippen LogP contribution in [0.15, 0.2) is 11.4 Å². The summed E-state index contributed by atoms with van der Waals surface area (Å²) in [6.45, 7) is 8.24. The molecule has 2 aromatic rings. The van der Waals surface area contributed by atoms with E-state index in [2.05, 4.69) is 51.8 Å². The van der Waals surface area contributed by atoms with Crippen molar-refractivity contribution in [2.45, 2.75) is 53.0 Å². The molecule has 24 heavy (non-hydrogen) atoms. The number of unbranched alkanes of at least 4 members (excludes halogenated alkanes) is 2. The summed E-state index contributed by atoms with van der Waals surface area (Å²) < 4.78 is 7.02. The predicted molar refractivity (Wildman–Crippen MR) is 99.7 cm³/mol. The zero-order valence-corrected chi connectivity index (χ0v) is 15.8. The number of nitrogens with one attached hydrogen (secondary N) is 1. The molecule has 2 aromatic heterocycles. The highest BCUT2D eigenvalue weighted by atomic mass is 32.1. The lowest BCUT2D eigenvalue weighted by Crippen LogP contribution is -2.04. The van der Waals surface area contributed by atoms with Gasteiger partial charge in [-0.15, -0.1) is 11.3 Å². The first-order chi connectivity index (χ1) is 11.6. The standard InChI is InChI=1S/C18H27N3O2S/c1-5-19-18-20-16(12-24-18)15-11-13(2)21(14(15)3)10-8-6-7-9-17(22)23-4/h11-12H,5-10H2,1-4H3,(H,19,20). The second kappa shape index (κ2) is 8.87. The first kappa shape index (κ1) is 18.5. The zero-order chi connectivity index (χ0) is 17.5. The molecule has 0 radical (unpaired) electrons. The monoisotopic (exact) mass is 349 g/mol. The van der Waals surface area contributed by atoms with Crippen molar-refractivity contribution in [2.24, 2.45) is 0 Å². The Morgan fingerprint density at radius 3 is 2.83 bits per heavy atom. The summed E-state index contributed by atoms with van der Waals surface area (Å²) in [4.78, 5) is 15.8. The van der Waals surface area contributed by atoms with Crippen molar-refractivity contribution in [3.8, 4) is 11.3 Å². The molecule has 6 heteroatoms. The lowest BCUT2D eigenvalue weighted by molar-refractivity contribution is -0.140. The zero-order valence-electron chi connectivity index (χ0n) is 15.0. The van der Waals surface area contributed by atoms with Crippen LogP contribution < -0.4 is 5.32 Å². The molecule has 0 unspecified atom stereocenters. The highest BCUT2D eigenvalue weighted by Crippen LogP contribution is 2.30. The van der Waals surface area contributed by atoms with E-state index in [0.717, 1.165) is 43.2 Å². The minimum absolute atomic E-state index is 0.120. The Morgan fingerprint density at radius 1 is 1.33 bits per heavy atom. The van der Waals surface area contributed by atoms with Crippen LogP contribution in [0, 0.1) is 13.8 Å². The van der Waals surface area contributed by atoms with E-state index >= 15 is 0 Å². The van der Waals surface area contributed by atoms with Crippen LogP contribution in [-0.4, -0.2) is 29.2 Å². The smallest absolute Gasteiger partial charge is 0.305 e. The van der Waals surface area contributed by atoms with E-state index in [-0.39, 0.29) is 5.97 Å². The van der Waals surface area contributed by atoms with Gasteiger partial charge in [0, 0.05) is 41.8 Å². The number of thiazole rings is 1. The summed E-state index contributed by atoms with van der Waals surface area (Å²) in [6, 6.07) is 2.22. The maximum atomic E-state index is 11.1. The van der Waals surface area contributed by atoms with Gasteiger partial charge in [-0.05, 0) is 39.7 Å². The molecule has 5 nitrogen and oxygen atoms in total. The van der Waals surface area contributed by atoms with Gasteiger partial charge in [0.2, 0.25) is 0 Å². The van der Waals surface area contributed by atoms with Crippen LogP contribution in [0.5, 0.6) is 0 Å². The van der Waals surface area contributed by atoms with E-state index in [4.69, 9.17) is 0 Å². The van der Waals surface area contributed by atoms with Gasteiger partial charge in [-0.25, -0.2) is 4.98 Å². The van der Waals surface area contributed by atoms with Gasteiger partial charge < -0.3 is 14.6 Å². The number of hydrogen-bond donors (Lipinski definition) is 1. The summed E-state index contributed by atoms with van der Waals surface area (Å²) in [7, 11) is 1.44. The average molecular weight is 350 g/mol. The van der Waals surface area contributed by atoms with Crippen LogP contribution in [0.25, 0.3) is 11.3 Å². The number of aromatic nitrogens is 2. The van der Waals surface area contributed by atoms with E-state index in [9.17, 15) is 4.79 Å². The average Bonchev–Trinajstić information content (AvgIpc) is 3.13. The molecular formula is C18H27N3O2S. The van der Waals surface area contributed by atoms with E-state index < -0.39 is 0 Å². The second-order valence-corrected chi connectivity index (χ2v) is 6.75. The molecule has 0 saturated carbocycles. The molecule has 0 aliphatic heterocycles. The minimum Gasteiger partial charge on any atom is -0.469 e. The topological polar surface area (TPSA) is 56.2 Å². The van der Waals surface area contributed by atoms with Gasteiger partial charge in [0.05, 0.1) is 12.8 Å². The number of carbonyl (C=O) groups is 1. The van der Waals surface area contributed by atoms with Crippen LogP contribution in [0.3, 0.4) is 0 Å². The largest absolute Gasteiger partial charge is 0.469 e. The number of esters is 1. The highest BCUT2D eigenvalue weighted by molar-refractivity contribution is 7.14. The maximum absolute atomic E-state index is 11.1. The Morgan fingerprint density at radius 2 is 2.12 bits per heavy atom. The molecule has 0 fully saturated rings. The molecule has 0 aliphatic carbocycles. The summed E-state index contributed by atoms with van der Waals surface area (Å²) in [5.41, 5.74) is 4.77. The summed E-state index contributed by atoms with van der Waals surface area (Å²) in [6.07, 6.45) is 3.49. The van der Waals surface area contributed by atoms with Crippen molar-refractivity contribution in [1.29, 1.82) is 0 Å². The van der Waals surface area contributed by atoms with E-state index in [1.165, 1.54) is 24.1 Å². The fourth-order valence-corrected chi connectivity index (χ4v) is 3.63. The molecule has 0 aliphatic rings. The predicted octanol–water partition coefficient (Wildman–Crippen LogP) is 4.39. The van der Waals surface area contributed by atoms with Crippen molar-refractivity contribution in [3.05, 3.63) is 22.8 Å². The highest BCUT2D eigenvalue weighted by Gasteiger charge is 2.13. The normalized spacial score (nSPS) is 10.8. The number of methoxy groups -OCH3 is 1. The molecule has 0 saturated heterocycles. The molecule has 0 atom stereocenters. The lowest BCUT2D eigenvalue weighted by atomic mass is 10.2. The first-order valence-electron chi connectivity index (χ1n) is 8.50. The maximum Gasteiger partial charge on any atom is 0.305 e. The van der Waals surface area contributed by atoms with Gasteiger partial charge in [-0.1, -0.05) is 6.42 Å². The van der Waals surface area contributed by atoms with Crippen LogP contribution in [0.1, 0.15) is 44.0 Å². The Labute approximate surface area is 148 Å². The summed E-state index contributed by atoms with van der Waals surface area (Å²) >= 11 is 1.65. The molecular weight excluding hydrogens is 322 g/mol. The van der Waals surface area contributed by atoms with E-state index in [0.29, 0.717) is 6.42 Å². The van der Waals surface area contributed by atoms with Gasteiger partial charge in [-0.2, -0.15) is 0 Å². The third-order valence-electron chi connectivity index (χ3n) is 4.17. The molecule has 2 rings (SSSR count). The van der Waals surface area contributed by atoms with Crippen molar-refractivity contribution >= 4 is 22.4 Å². The Balaban J connectivity index is 1.96. The Hall–Kier alpha value is -1.82. The van der Waals surface area contributed by atoms with Crippen molar-refractivity contribution in [1.82, 2.24) is 9.55 Å². The van der Waals surface area contributed by atoms with Gasteiger partial charge >= 0.3 is 5.97 Å². The minimum atomic E-state index is -0.120. The number of hydrogen-bond acceptors (Lipinski definition) is 5. The lowest BCUT2D eigenvalue weighted by Gasteiger charge is -2.09. The van der Waals surface area contributed by atoms with Crippen molar-refractivity contribution in [3.63, 3.8) is 0 Å². The molecule has 132 valence electrons. The number of anilines is 1. The third-order valence-corrected chi connectivity index (χ3v) is 4.97. The summed E-state index contributed by atoms with van der Waals surface area (Å²) in [5, 5.41) is 6.35. The van der Waals surface area contributed by atoms with Crippen LogP contribution in [-0.2, 0) is 16.1 Å². The first-order valence-corrected chi connectivity index (χ1v) is 9.38. The quantitative estimate of drug-likeness (QED) is 0.539. The number of rotatable bonds is 9. The molecule has 0 spiro atoms. The second-order valence-electron chi connectivity index (χ2n) is 5.89. The van der Waals surface area contributed by atoms with Crippen molar-refractivity contribution in [2.75, 3.05) is 19.0 Å². The van der Waals surface area contributed by atoms with E-state index in [1.54, 1.807) is 11.3 Å². The fourth-order valence-electron chi connectivity index (χ4n) is 2.85. The van der Waals surface area contributed by atoms with Crippen LogP contribution in [0.2, 0.25) is 0 Å². The van der Waals surface area contributed by atoms with Crippen LogP contribution >= 0.6 is 11.3 Å². The fraction of sp³-hybridized carbons (Fsp3) is 0.556. The Kier molecular flexibility index (Phi) is 6.85. The summed E-state index contributed by atoms with van der Waals surface area (Å²) in [5.74, 6) is -0.120. The number of nitrogens with zero attached hydrogens (tertiary/aromatic N) is 2. The number of carbonyl (C=O) groups excluding carboxylic acids is 1. The van der Waals surface area contributed by atoms with Crippen LogP contribution in [0.4, 0.5) is 5.13 Å².